The standard InChI is InChI=1S/C21H29N9O3/c22-18-23-11-15(12-24-18)16-10-17(26-19(25-16)28-6-8-33-9-7-28)27-21(14-31)2-5-30(13-21)20(32)29-3-1-4-29/h10-12,31H,1-9,13-14H2,(H2,22,23,24)(H,25,26,27)/t21-/m0/s1. The Balaban J connectivity index is 1.42. The summed E-state index contributed by atoms with van der Waals surface area (Å²) in [6.45, 7) is 5.07. The minimum Gasteiger partial charge on any atom is -0.394 e. The summed E-state index contributed by atoms with van der Waals surface area (Å²) in [5, 5.41) is 13.7. The molecule has 176 valence electrons. The third-order valence-electron chi connectivity index (χ3n) is 6.42. The number of nitrogens with zero attached hydrogens (tertiary/aromatic N) is 7. The van der Waals surface area contributed by atoms with E-state index in [-0.39, 0.29) is 18.6 Å². The molecule has 0 saturated carbocycles. The Hall–Kier alpha value is -3.25. The highest BCUT2D eigenvalue weighted by atomic mass is 16.5. The number of nitrogen functional groups attached to an aromatic ring is 1. The number of ether oxygens (including phenoxy) is 1. The van der Waals surface area contributed by atoms with Crippen molar-refractivity contribution in [1.82, 2.24) is 29.7 Å². The Labute approximate surface area is 191 Å². The summed E-state index contributed by atoms with van der Waals surface area (Å²) in [6.07, 6.45) is 4.93. The molecular weight excluding hydrogens is 426 g/mol. The first-order valence-electron chi connectivity index (χ1n) is 11.3. The van der Waals surface area contributed by atoms with Crippen LogP contribution < -0.4 is 16.0 Å². The predicted molar refractivity (Wildman–Crippen MR) is 122 cm³/mol. The number of urea groups is 1. The second-order valence-electron chi connectivity index (χ2n) is 8.73. The van der Waals surface area contributed by atoms with Crippen molar-refractivity contribution in [3.05, 3.63) is 18.5 Å². The van der Waals surface area contributed by atoms with Gasteiger partial charge in [0.25, 0.3) is 0 Å². The monoisotopic (exact) mass is 455 g/mol. The molecule has 2 aromatic rings. The van der Waals surface area contributed by atoms with E-state index in [2.05, 4.69) is 20.2 Å². The van der Waals surface area contributed by atoms with Crippen molar-refractivity contribution in [2.75, 3.05) is 75.0 Å². The lowest BCUT2D eigenvalue weighted by Crippen LogP contribution is -2.51. The Morgan fingerprint density at radius 3 is 2.55 bits per heavy atom. The SMILES string of the molecule is Nc1ncc(-c2cc(N[C@@]3(CO)CCN(C(=O)N4CCC4)C3)nc(N3CCOCC3)n2)cn1. The maximum absolute atomic E-state index is 12.7. The average Bonchev–Trinajstić information content (AvgIpc) is 3.23. The van der Waals surface area contributed by atoms with E-state index in [1.807, 2.05) is 11.0 Å². The summed E-state index contributed by atoms with van der Waals surface area (Å²) < 4.78 is 5.47. The first-order valence-corrected chi connectivity index (χ1v) is 11.3. The van der Waals surface area contributed by atoms with Crippen LogP contribution in [-0.2, 0) is 4.74 Å². The van der Waals surface area contributed by atoms with Gasteiger partial charge in [0.15, 0.2) is 0 Å². The van der Waals surface area contributed by atoms with Crippen molar-refractivity contribution in [2.45, 2.75) is 18.4 Å². The summed E-state index contributed by atoms with van der Waals surface area (Å²) in [7, 11) is 0. The number of hydrogen-bond donors (Lipinski definition) is 3. The summed E-state index contributed by atoms with van der Waals surface area (Å²) in [5.41, 5.74) is 6.33. The molecule has 0 spiro atoms. The molecule has 0 aliphatic carbocycles. The zero-order chi connectivity index (χ0) is 22.8. The van der Waals surface area contributed by atoms with Crippen LogP contribution in [0.1, 0.15) is 12.8 Å². The van der Waals surface area contributed by atoms with Gasteiger partial charge in [0, 0.05) is 63.3 Å². The normalized spacial score (nSPS) is 22.9. The van der Waals surface area contributed by atoms with Crippen LogP contribution in [0.5, 0.6) is 0 Å². The molecule has 33 heavy (non-hydrogen) atoms. The van der Waals surface area contributed by atoms with Gasteiger partial charge < -0.3 is 35.6 Å². The average molecular weight is 456 g/mol. The third kappa shape index (κ3) is 4.48. The number of rotatable bonds is 5. The molecule has 12 nitrogen and oxygen atoms in total. The lowest BCUT2D eigenvalue weighted by molar-refractivity contribution is 0.122. The van der Waals surface area contributed by atoms with Crippen LogP contribution in [0.4, 0.5) is 22.5 Å². The largest absolute Gasteiger partial charge is 0.394 e. The molecule has 0 aromatic carbocycles. The number of morpholine rings is 1. The van der Waals surface area contributed by atoms with Crippen LogP contribution in [0.3, 0.4) is 0 Å². The number of aromatic nitrogens is 4. The van der Waals surface area contributed by atoms with Crippen molar-refractivity contribution < 1.29 is 14.6 Å². The van der Waals surface area contributed by atoms with E-state index in [0.29, 0.717) is 68.8 Å². The van der Waals surface area contributed by atoms with Crippen molar-refractivity contribution >= 4 is 23.7 Å². The lowest BCUT2D eigenvalue weighted by Gasteiger charge is -2.35. The second kappa shape index (κ2) is 8.94. The van der Waals surface area contributed by atoms with E-state index in [1.165, 1.54) is 0 Å². The van der Waals surface area contributed by atoms with Gasteiger partial charge in [0.05, 0.1) is 31.1 Å². The molecule has 1 atom stereocenters. The molecule has 2 aromatic heterocycles. The maximum atomic E-state index is 12.7. The van der Waals surface area contributed by atoms with Crippen LogP contribution in [-0.4, -0.2) is 106 Å². The van der Waals surface area contributed by atoms with E-state index in [9.17, 15) is 9.90 Å². The van der Waals surface area contributed by atoms with E-state index < -0.39 is 5.54 Å². The fraction of sp³-hybridized carbons (Fsp3) is 0.571. The number of nitrogens with two attached hydrogens (primary N) is 1. The molecule has 3 fully saturated rings. The molecular formula is C21H29N9O3. The first kappa shape index (κ1) is 21.6. The Morgan fingerprint density at radius 2 is 1.88 bits per heavy atom. The zero-order valence-corrected chi connectivity index (χ0v) is 18.5. The number of aliphatic hydroxyl groups is 1. The third-order valence-corrected chi connectivity index (χ3v) is 6.42. The highest BCUT2D eigenvalue weighted by molar-refractivity contribution is 5.76. The fourth-order valence-corrected chi connectivity index (χ4v) is 4.31. The van der Waals surface area contributed by atoms with Gasteiger partial charge in [-0.05, 0) is 12.8 Å². The molecule has 0 bridgehead atoms. The van der Waals surface area contributed by atoms with E-state index >= 15 is 0 Å². The van der Waals surface area contributed by atoms with Gasteiger partial charge >= 0.3 is 6.03 Å². The van der Waals surface area contributed by atoms with Gasteiger partial charge in [-0.15, -0.1) is 0 Å². The number of anilines is 3. The van der Waals surface area contributed by atoms with Crippen LogP contribution in [0, 0.1) is 0 Å². The van der Waals surface area contributed by atoms with E-state index in [4.69, 9.17) is 20.4 Å². The molecule has 2 amide bonds. The van der Waals surface area contributed by atoms with E-state index in [1.54, 1.807) is 17.3 Å². The van der Waals surface area contributed by atoms with Crippen LogP contribution in [0.25, 0.3) is 11.3 Å². The zero-order valence-electron chi connectivity index (χ0n) is 18.5. The minimum atomic E-state index is -0.675. The van der Waals surface area contributed by atoms with E-state index in [0.717, 1.165) is 19.5 Å². The second-order valence-corrected chi connectivity index (χ2v) is 8.73. The summed E-state index contributed by atoms with van der Waals surface area (Å²) >= 11 is 0. The Morgan fingerprint density at radius 1 is 1.12 bits per heavy atom. The molecule has 3 aliphatic heterocycles. The summed E-state index contributed by atoms with van der Waals surface area (Å²) in [5.74, 6) is 1.33. The van der Waals surface area contributed by atoms with Gasteiger partial charge in [-0.2, -0.15) is 4.98 Å². The summed E-state index contributed by atoms with van der Waals surface area (Å²) in [4.78, 5) is 36.0. The smallest absolute Gasteiger partial charge is 0.320 e. The molecule has 3 aliphatic rings. The molecule has 0 radical (unpaired) electrons. The minimum absolute atomic E-state index is 0.0368. The molecule has 5 rings (SSSR count). The van der Waals surface area contributed by atoms with Gasteiger partial charge in [0.2, 0.25) is 11.9 Å². The number of nitrogens with one attached hydrogen (secondary N) is 1. The van der Waals surface area contributed by atoms with Gasteiger partial charge in [-0.3, -0.25) is 0 Å². The molecule has 5 heterocycles. The molecule has 0 unspecified atom stereocenters. The quantitative estimate of drug-likeness (QED) is 0.564. The number of amides is 2. The van der Waals surface area contributed by atoms with Gasteiger partial charge in [-0.25, -0.2) is 19.7 Å². The Bertz CT molecular complexity index is 995. The van der Waals surface area contributed by atoms with Crippen molar-refractivity contribution in [3.8, 4) is 11.3 Å². The molecule has 4 N–H and O–H groups in total. The van der Waals surface area contributed by atoms with Crippen LogP contribution in [0.2, 0.25) is 0 Å². The first-order chi connectivity index (χ1) is 16.0. The predicted octanol–water partition coefficient (Wildman–Crippen LogP) is 0.0268. The van der Waals surface area contributed by atoms with Crippen molar-refractivity contribution in [1.29, 1.82) is 0 Å². The van der Waals surface area contributed by atoms with Gasteiger partial charge in [0.1, 0.15) is 5.82 Å². The number of carbonyl (C=O) groups is 1. The molecule has 3 saturated heterocycles. The van der Waals surface area contributed by atoms with Crippen LogP contribution >= 0.6 is 0 Å². The maximum Gasteiger partial charge on any atom is 0.320 e. The fourth-order valence-electron chi connectivity index (χ4n) is 4.31. The number of hydrogen-bond acceptors (Lipinski definition) is 10. The highest BCUT2D eigenvalue weighted by Gasteiger charge is 2.42. The number of likely N-dealkylation sites (tertiary alicyclic amines) is 2. The summed E-state index contributed by atoms with van der Waals surface area (Å²) in [6, 6.07) is 1.85. The Kier molecular flexibility index (Phi) is 5.85. The highest BCUT2D eigenvalue weighted by Crippen LogP contribution is 2.30. The van der Waals surface area contributed by atoms with Gasteiger partial charge in [-0.1, -0.05) is 0 Å². The lowest BCUT2D eigenvalue weighted by atomic mass is 10.00. The topological polar surface area (TPSA) is 146 Å². The molecule has 12 heteroatoms. The van der Waals surface area contributed by atoms with Crippen LogP contribution in [0.15, 0.2) is 18.5 Å². The number of carbonyl (C=O) groups excluding carboxylic acids is 1. The van der Waals surface area contributed by atoms with Crippen molar-refractivity contribution in [2.24, 2.45) is 0 Å². The van der Waals surface area contributed by atoms with Crippen molar-refractivity contribution in [3.63, 3.8) is 0 Å². The number of aliphatic hydroxyl groups excluding tert-OH is 1.